The van der Waals surface area contributed by atoms with Crippen LogP contribution in [0.4, 0.5) is 0 Å². The van der Waals surface area contributed by atoms with E-state index in [0.717, 1.165) is 12.8 Å². The van der Waals surface area contributed by atoms with Gasteiger partial charge in [0.2, 0.25) is 5.91 Å². The third kappa shape index (κ3) is 3.73. The zero-order valence-corrected chi connectivity index (χ0v) is 11.7. The Kier molecular flexibility index (Phi) is 4.61. The largest absolute Gasteiger partial charge is 0.409 e. The van der Waals surface area contributed by atoms with Gasteiger partial charge in [-0.25, -0.2) is 0 Å². The molecule has 0 heterocycles. The van der Waals surface area contributed by atoms with Gasteiger partial charge in [0.1, 0.15) is 0 Å². The Bertz CT molecular complexity index is 510. The van der Waals surface area contributed by atoms with Crippen LogP contribution in [0.1, 0.15) is 30.4 Å². The number of hydrogen-bond acceptors (Lipinski definition) is 3. The third-order valence-corrected chi connectivity index (χ3v) is 3.73. The number of nitrogens with two attached hydrogens (primary N) is 1. The van der Waals surface area contributed by atoms with Gasteiger partial charge in [-0.15, -0.1) is 0 Å². The lowest BCUT2D eigenvalue weighted by Gasteiger charge is -2.16. The molecule has 4 N–H and O–H groups in total. The van der Waals surface area contributed by atoms with Crippen molar-refractivity contribution in [2.45, 2.75) is 38.6 Å². The number of nitrogens with zero attached hydrogens (tertiary/aromatic N) is 1. The van der Waals surface area contributed by atoms with Crippen molar-refractivity contribution in [3.8, 4) is 0 Å². The van der Waals surface area contributed by atoms with Gasteiger partial charge in [0.15, 0.2) is 5.84 Å². The molecule has 2 rings (SSSR count). The highest BCUT2D eigenvalue weighted by atomic mass is 16.4. The lowest BCUT2D eigenvalue weighted by molar-refractivity contribution is -0.121. The van der Waals surface area contributed by atoms with Crippen molar-refractivity contribution in [1.82, 2.24) is 5.32 Å². The number of amides is 1. The molecule has 0 saturated heterocycles. The highest BCUT2D eigenvalue weighted by molar-refractivity contribution is 5.90. The quantitative estimate of drug-likeness (QED) is 0.319. The average Bonchev–Trinajstić information content (AvgIpc) is 3.27. The lowest BCUT2D eigenvalue weighted by atomic mass is 10.0. The maximum Gasteiger partial charge on any atom is 0.220 e. The van der Waals surface area contributed by atoms with Gasteiger partial charge in [-0.05, 0) is 43.2 Å². The molecule has 1 aromatic carbocycles. The molecule has 1 unspecified atom stereocenters. The normalized spacial score (nSPS) is 16.8. The van der Waals surface area contributed by atoms with Crippen molar-refractivity contribution < 1.29 is 10.0 Å². The Morgan fingerprint density at radius 2 is 2.20 bits per heavy atom. The number of oxime groups is 1. The highest BCUT2D eigenvalue weighted by Crippen LogP contribution is 2.32. The summed E-state index contributed by atoms with van der Waals surface area (Å²) in [4.78, 5) is 12.0. The second kappa shape index (κ2) is 6.41. The first-order valence-electron chi connectivity index (χ1n) is 6.93. The van der Waals surface area contributed by atoms with Crippen LogP contribution in [0, 0.1) is 12.8 Å². The first-order chi connectivity index (χ1) is 9.61. The van der Waals surface area contributed by atoms with Crippen molar-refractivity contribution in [1.29, 1.82) is 0 Å². The first kappa shape index (κ1) is 14.4. The van der Waals surface area contributed by atoms with Gasteiger partial charge in [-0.2, -0.15) is 0 Å². The number of benzene rings is 1. The van der Waals surface area contributed by atoms with E-state index in [1.807, 2.05) is 31.2 Å². The molecule has 20 heavy (non-hydrogen) atoms. The maximum atomic E-state index is 12.0. The van der Waals surface area contributed by atoms with Crippen LogP contribution in [-0.4, -0.2) is 23.0 Å². The molecule has 0 bridgehead atoms. The molecule has 1 atom stereocenters. The number of aryl methyl sites for hydroxylation is 2. The van der Waals surface area contributed by atoms with Crippen LogP contribution >= 0.6 is 0 Å². The van der Waals surface area contributed by atoms with E-state index in [2.05, 4.69) is 10.5 Å². The van der Waals surface area contributed by atoms with Gasteiger partial charge in [-0.3, -0.25) is 4.79 Å². The smallest absolute Gasteiger partial charge is 0.220 e. The summed E-state index contributed by atoms with van der Waals surface area (Å²) in [5, 5.41) is 14.6. The van der Waals surface area contributed by atoms with Crippen LogP contribution in [0.3, 0.4) is 0 Å². The van der Waals surface area contributed by atoms with Gasteiger partial charge in [0.25, 0.3) is 0 Å². The monoisotopic (exact) mass is 275 g/mol. The van der Waals surface area contributed by atoms with Crippen LogP contribution in [0.5, 0.6) is 0 Å². The van der Waals surface area contributed by atoms with Crippen molar-refractivity contribution in [3.05, 3.63) is 35.4 Å². The number of carbonyl (C=O) groups is 1. The summed E-state index contributed by atoms with van der Waals surface area (Å²) in [7, 11) is 0. The molecule has 1 amide bonds. The Balaban J connectivity index is 1.87. The van der Waals surface area contributed by atoms with E-state index < -0.39 is 0 Å². The fraction of sp³-hybridized carbons (Fsp3) is 0.467. The van der Waals surface area contributed by atoms with Crippen molar-refractivity contribution in [2.75, 3.05) is 0 Å². The zero-order valence-electron chi connectivity index (χ0n) is 11.7. The third-order valence-electron chi connectivity index (χ3n) is 3.73. The molecule has 1 saturated carbocycles. The van der Waals surface area contributed by atoms with Crippen LogP contribution in [0.15, 0.2) is 29.4 Å². The molecule has 5 heteroatoms. The summed E-state index contributed by atoms with van der Waals surface area (Å²) in [6, 6.07) is 7.70. The van der Waals surface area contributed by atoms with Gasteiger partial charge < -0.3 is 16.3 Å². The fourth-order valence-electron chi connectivity index (χ4n) is 2.31. The minimum Gasteiger partial charge on any atom is -0.409 e. The van der Waals surface area contributed by atoms with Crippen LogP contribution in [0.25, 0.3) is 0 Å². The molecule has 1 aromatic rings. The standard InChI is InChI=1S/C15H21N3O2/c1-10-4-2-3-5-11(10)8-9-13(19)17-14(12-6-7-12)15(16)18-20/h2-5,12,14,20H,6-9H2,1H3,(H2,16,18)(H,17,19). The molecule has 108 valence electrons. The molecule has 1 aliphatic carbocycles. The summed E-state index contributed by atoms with van der Waals surface area (Å²) in [5.41, 5.74) is 7.99. The Hall–Kier alpha value is -2.04. The fourth-order valence-corrected chi connectivity index (χ4v) is 2.31. The van der Waals surface area contributed by atoms with Gasteiger partial charge >= 0.3 is 0 Å². The van der Waals surface area contributed by atoms with Crippen LogP contribution in [0.2, 0.25) is 0 Å². The summed E-state index contributed by atoms with van der Waals surface area (Å²) < 4.78 is 0. The number of hydrogen-bond donors (Lipinski definition) is 3. The van der Waals surface area contributed by atoms with E-state index in [1.165, 1.54) is 11.1 Å². The lowest BCUT2D eigenvalue weighted by Crippen LogP contribution is -2.46. The molecule has 0 aromatic heterocycles. The van der Waals surface area contributed by atoms with E-state index in [0.29, 0.717) is 18.8 Å². The van der Waals surface area contributed by atoms with Gasteiger partial charge in [-0.1, -0.05) is 29.4 Å². The molecule has 1 fully saturated rings. The Morgan fingerprint density at radius 1 is 1.50 bits per heavy atom. The summed E-state index contributed by atoms with van der Waals surface area (Å²) >= 11 is 0. The van der Waals surface area contributed by atoms with Crippen molar-refractivity contribution in [3.63, 3.8) is 0 Å². The molecular formula is C15H21N3O2. The summed E-state index contributed by atoms with van der Waals surface area (Å²) in [6.07, 6.45) is 3.14. The Morgan fingerprint density at radius 3 is 2.80 bits per heavy atom. The number of amidine groups is 1. The predicted octanol–water partition coefficient (Wildman–Crippen LogP) is 1.57. The minimum atomic E-state index is -0.329. The topological polar surface area (TPSA) is 87.7 Å². The second-order valence-electron chi connectivity index (χ2n) is 5.33. The molecular weight excluding hydrogens is 254 g/mol. The average molecular weight is 275 g/mol. The van der Waals surface area contributed by atoms with Crippen molar-refractivity contribution >= 4 is 11.7 Å². The van der Waals surface area contributed by atoms with Gasteiger partial charge in [0, 0.05) is 6.42 Å². The van der Waals surface area contributed by atoms with E-state index in [4.69, 9.17) is 10.9 Å². The van der Waals surface area contributed by atoms with Gasteiger partial charge in [0.05, 0.1) is 6.04 Å². The molecule has 1 aliphatic rings. The van der Waals surface area contributed by atoms with Crippen molar-refractivity contribution in [2.24, 2.45) is 16.8 Å². The number of carbonyl (C=O) groups excluding carboxylic acids is 1. The highest BCUT2D eigenvalue weighted by Gasteiger charge is 2.35. The van der Waals surface area contributed by atoms with Crippen LogP contribution in [-0.2, 0) is 11.2 Å². The van der Waals surface area contributed by atoms with Crippen LogP contribution < -0.4 is 11.1 Å². The molecule has 0 aliphatic heterocycles. The van der Waals surface area contributed by atoms with E-state index in [1.54, 1.807) is 0 Å². The number of nitrogens with one attached hydrogen (secondary N) is 1. The zero-order chi connectivity index (χ0) is 14.5. The predicted molar refractivity (Wildman–Crippen MR) is 77.6 cm³/mol. The summed E-state index contributed by atoms with van der Waals surface area (Å²) in [6.45, 7) is 2.04. The molecule has 0 spiro atoms. The Labute approximate surface area is 118 Å². The minimum absolute atomic E-state index is 0.0586. The summed E-state index contributed by atoms with van der Waals surface area (Å²) in [5.74, 6) is 0.349. The SMILES string of the molecule is Cc1ccccc1CCC(=O)NC(C(N)=NO)C1CC1. The van der Waals surface area contributed by atoms with E-state index in [9.17, 15) is 4.79 Å². The first-order valence-corrected chi connectivity index (χ1v) is 6.93. The van der Waals surface area contributed by atoms with E-state index >= 15 is 0 Å². The maximum absolute atomic E-state index is 12.0. The number of rotatable bonds is 6. The molecule has 0 radical (unpaired) electrons. The molecule has 5 nitrogen and oxygen atoms in total. The second-order valence-corrected chi connectivity index (χ2v) is 5.33. The van der Waals surface area contributed by atoms with E-state index in [-0.39, 0.29) is 17.8 Å².